The highest BCUT2D eigenvalue weighted by atomic mass is 35.5. The van der Waals surface area contributed by atoms with Crippen LogP contribution in [0.25, 0.3) is 0 Å². The molecule has 2 rings (SSSR count). The molecule has 1 saturated heterocycles. The van der Waals surface area contributed by atoms with E-state index in [-0.39, 0.29) is 10.8 Å². The van der Waals surface area contributed by atoms with Crippen LogP contribution >= 0.6 is 23.4 Å². The smallest absolute Gasteiger partial charge is 0.141 e. The monoisotopic (exact) mass is 273 g/mol. The zero-order valence-corrected chi connectivity index (χ0v) is 11.3. The fourth-order valence-corrected chi connectivity index (χ4v) is 3.43. The van der Waals surface area contributed by atoms with Gasteiger partial charge in [-0.05, 0) is 54.5 Å². The van der Waals surface area contributed by atoms with Crippen LogP contribution in [0.15, 0.2) is 18.2 Å². The molecule has 4 heteroatoms. The summed E-state index contributed by atoms with van der Waals surface area (Å²) in [6.07, 6.45) is 2.61. The Morgan fingerprint density at radius 2 is 2.12 bits per heavy atom. The van der Waals surface area contributed by atoms with Gasteiger partial charge in [0.2, 0.25) is 0 Å². The predicted molar refractivity (Wildman–Crippen MR) is 73.2 cm³/mol. The third-order valence-corrected chi connectivity index (χ3v) is 4.43. The molecule has 1 aromatic carbocycles. The summed E-state index contributed by atoms with van der Waals surface area (Å²) >= 11 is 7.78. The summed E-state index contributed by atoms with van der Waals surface area (Å²) in [5.41, 5.74) is 1.04. The Morgan fingerprint density at radius 3 is 2.82 bits per heavy atom. The molecule has 94 valence electrons. The molecular formula is C13H17ClFNS. The van der Waals surface area contributed by atoms with Crippen LogP contribution < -0.4 is 5.32 Å². The van der Waals surface area contributed by atoms with Crippen molar-refractivity contribution in [3.05, 3.63) is 34.6 Å². The highest BCUT2D eigenvalue weighted by molar-refractivity contribution is 7.99. The van der Waals surface area contributed by atoms with E-state index in [1.165, 1.54) is 30.4 Å². The van der Waals surface area contributed by atoms with Crippen LogP contribution in [0.2, 0.25) is 5.02 Å². The zero-order valence-electron chi connectivity index (χ0n) is 9.72. The van der Waals surface area contributed by atoms with E-state index in [9.17, 15) is 4.39 Å². The van der Waals surface area contributed by atoms with Gasteiger partial charge in [-0.1, -0.05) is 17.7 Å². The summed E-state index contributed by atoms with van der Waals surface area (Å²) in [4.78, 5) is 0. The normalized spacial score (nSPS) is 17.3. The first kappa shape index (κ1) is 13.2. The molecule has 0 aliphatic carbocycles. The van der Waals surface area contributed by atoms with Crippen molar-refractivity contribution < 1.29 is 4.39 Å². The van der Waals surface area contributed by atoms with Gasteiger partial charge in [0.05, 0.1) is 5.02 Å². The molecule has 1 heterocycles. The number of nitrogens with one attached hydrogen (secondary N) is 1. The molecule has 1 aliphatic heterocycles. The van der Waals surface area contributed by atoms with Gasteiger partial charge in [-0.15, -0.1) is 0 Å². The van der Waals surface area contributed by atoms with Gasteiger partial charge in [-0.2, -0.15) is 11.8 Å². The van der Waals surface area contributed by atoms with Gasteiger partial charge in [0.25, 0.3) is 0 Å². The lowest BCUT2D eigenvalue weighted by atomic mass is 10.0. The quantitative estimate of drug-likeness (QED) is 0.898. The standard InChI is InChI=1S/C13H17ClFNS/c14-12-7-11(1-2-13(12)15)9-16-8-10-3-5-17-6-4-10/h1-2,7,10,16H,3-6,8-9H2. The fourth-order valence-electron chi connectivity index (χ4n) is 2.02. The Hall–Kier alpha value is -0.250. The molecule has 0 amide bonds. The summed E-state index contributed by atoms with van der Waals surface area (Å²) in [5.74, 6) is 3.02. The highest BCUT2D eigenvalue weighted by Crippen LogP contribution is 2.22. The van der Waals surface area contributed by atoms with Crippen LogP contribution in [0, 0.1) is 11.7 Å². The molecule has 1 nitrogen and oxygen atoms in total. The Labute approximate surface area is 111 Å². The van der Waals surface area contributed by atoms with Crippen LogP contribution in [-0.4, -0.2) is 18.1 Å². The van der Waals surface area contributed by atoms with Crippen molar-refractivity contribution in [3.63, 3.8) is 0 Å². The van der Waals surface area contributed by atoms with Crippen molar-refractivity contribution in [1.29, 1.82) is 0 Å². The maximum Gasteiger partial charge on any atom is 0.141 e. The lowest BCUT2D eigenvalue weighted by Crippen LogP contribution is -2.25. The number of rotatable bonds is 4. The lowest BCUT2D eigenvalue weighted by molar-refractivity contribution is 0.447. The van der Waals surface area contributed by atoms with Crippen LogP contribution in [-0.2, 0) is 6.54 Å². The third-order valence-electron chi connectivity index (χ3n) is 3.09. The van der Waals surface area contributed by atoms with Gasteiger partial charge in [-0.3, -0.25) is 0 Å². The molecule has 0 saturated carbocycles. The Kier molecular flexibility index (Phi) is 5.14. The van der Waals surface area contributed by atoms with E-state index in [1.807, 2.05) is 11.8 Å². The van der Waals surface area contributed by atoms with Gasteiger partial charge in [0, 0.05) is 6.54 Å². The van der Waals surface area contributed by atoms with Crippen molar-refractivity contribution in [3.8, 4) is 0 Å². The average molecular weight is 274 g/mol. The average Bonchev–Trinajstić information content (AvgIpc) is 2.35. The largest absolute Gasteiger partial charge is 0.312 e. The van der Waals surface area contributed by atoms with E-state index in [0.717, 1.165) is 24.6 Å². The first-order valence-electron chi connectivity index (χ1n) is 5.98. The molecule has 0 unspecified atom stereocenters. The first-order chi connectivity index (χ1) is 8.25. The van der Waals surface area contributed by atoms with Gasteiger partial charge in [-0.25, -0.2) is 4.39 Å². The van der Waals surface area contributed by atoms with E-state index < -0.39 is 0 Å². The molecule has 1 fully saturated rings. The second-order valence-corrected chi connectivity index (χ2v) is 6.07. The molecule has 1 aromatic rings. The van der Waals surface area contributed by atoms with Crippen molar-refractivity contribution in [2.75, 3.05) is 18.1 Å². The van der Waals surface area contributed by atoms with Crippen LogP contribution in [0.5, 0.6) is 0 Å². The summed E-state index contributed by atoms with van der Waals surface area (Å²) in [5, 5.41) is 3.63. The number of thioether (sulfide) groups is 1. The molecule has 1 N–H and O–H groups in total. The Morgan fingerprint density at radius 1 is 1.35 bits per heavy atom. The second-order valence-electron chi connectivity index (χ2n) is 4.44. The van der Waals surface area contributed by atoms with Crippen molar-refractivity contribution in [2.24, 2.45) is 5.92 Å². The minimum atomic E-state index is -0.347. The zero-order chi connectivity index (χ0) is 12.1. The van der Waals surface area contributed by atoms with Crippen LogP contribution in [0.4, 0.5) is 4.39 Å². The van der Waals surface area contributed by atoms with Crippen molar-refractivity contribution in [2.45, 2.75) is 19.4 Å². The van der Waals surface area contributed by atoms with Crippen LogP contribution in [0.1, 0.15) is 18.4 Å². The van der Waals surface area contributed by atoms with Gasteiger partial charge in [0.15, 0.2) is 0 Å². The summed E-state index contributed by atoms with van der Waals surface area (Å²) in [7, 11) is 0. The first-order valence-corrected chi connectivity index (χ1v) is 7.51. The molecule has 0 radical (unpaired) electrons. The Balaban J connectivity index is 1.75. The summed E-state index contributed by atoms with van der Waals surface area (Å²) in [6.45, 7) is 1.82. The van der Waals surface area contributed by atoms with Crippen molar-refractivity contribution >= 4 is 23.4 Å². The van der Waals surface area contributed by atoms with E-state index >= 15 is 0 Å². The number of hydrogen-bond acceptors (Lipinski definition) is 2. The van der Waals surface area contributed by atoms with E-state index in [1.54, 1.807) is 12.1 Å². The summed E-state index contributed by atoms with van der Waals surface area (Å²) < 4.78 is 13.0. The maximum atomic E-state index is 13.0. The molecular weight excluding hydrogens is 257 g/mol. The van der Waals surface area contributed by atoms with E-state index in [0.29, 0.717) is 0 Å². The topological polar surface area (TPSA) is 12.0 Å². The van der Waals surface area contributed by atoms with Crippen LogP contribution in [0.3, 0.4) is 0 Å². The second kappa shape index (κ2) is 6.62. The van der Waals surface area contributed by atoms with Gasteiger partial charge in [0.1, 0.15) is 5.82 Å². The minimum Gasteiger partial charge on any atom is -0.312 e. The SMILES string of the molecule is Fc1ccc(CNCC2CCSCC2)cc1Cl. The summed E-state index contributed by atoms with van der Waals surface area (Å²) in [6, 6.07) is 4.90. The highest BCUT2D eigenvalue weighted by Gasteiger charge is 2.12. The fraction of sp³-hybridized carbons (Fsp3) is 0.538. The van der Waals surface area contributed by atoms with E-state index in [4.69, 9.17) is 11.6 Å². The minimum absolute atomic E-state index is 0.207. The molecule has 0 bridgehead atoms. The maximum absolute atomic E-state index is 13.0. The Bertz CT molecular complexity index is 366. The number of halogens is 2. The van der Waals surface area contributed by atoms with Gasteiger partial charge >= 0.3 is 0 Å². The molecule has 1 aliphatic rings. The third kappa shape index (κ3) is 4.16. The molecule has 0 atom stereocenters. The molecule has 0 spiro atoms. The number of benzene rings is 1. The van der Waals surface area contributed by atoms with Crippen molar-refractivity contribution in [1.82, 2.24) is 5.32 Å². The lowest BCUT2D eigenvalue weighted by Gasteiger charge is -2.21. The number of hydrogen-bond donors (Lipinski definition) is 1. The predicted octanol–water partition coefficient (Wildman–Crippen LogP) is 3.71. The van der Waals surface area contributed by atoms with E-state index in [2.05, 4.69) is 5.32 Å². The molecule has 0 aromatic heterocycles. The van der Waals surface area contributed by atoms with Gasteiger partial charge < -0.3 is 5.32 Å². The molecule has 17 heavy (non-hydrogen) atoms.